The lowest BCUT2D eigenvalue weighted by Gasteiger charge is -2.37. The number of carbonyl (C=O) groups is 1. The number of benzene rings is 1. The first kappa shape index (κ1) is 21.1. The number of amidine groups is 1. The smallest absolute Gasteiger partial charge is 0.234 e. The Labute approximate surface area is 169 Å². The quantitative estimate of drug-likeness (QED) is 0.716. The van der Waals surface area contributed by atoms with Gasteiger partial charge in [-0.05, 0) is 31.5 Å². The lowest BCUT2D eigenvalue weighted by molar-refractivity contribution is 0.0987. The molecular formula is C19H19F3N4O2S. The summed E-state index contributed by atoms with van der Waals surface area (Å²) in [4.78, 5) is 24.3. The molecule has 0 bridgehead atoms. The Bertz CT molecular complexity index is 942. The monoisotopic (exact) mass is 424 g/mol. The maximum absolute atomic E-state index is 15.0. The van der Waals surface area contributed by atoms with Crippen LogP contribution in [0.15, 0.2) is 35.6 Å². The number of aromatic nitrogens is 2. The molecule has 0 fully saturated rings. The van der Waals surface area contributed by atoms with E-state index in [4.69, 9.17) is 5.73 Å². The Hall–Kier alpha value is -2.62. The van der Waals surface area contributed by atoms with Crippen LogP contribution in [0.4, 0.5) is 13.2 Å². The highest BCUT2D eigenvalue weighted by Gasteiger charge is 2.45. The van der Waals surface area contributed by atoms with E-state index in [1.54, 1.807) is 6.92 Å². The molecule has 154 valence electrons. The second-order valence-electron chi connectivity index (χ2n) is 6.73. The van der Waals surface area contributed by atoms with Crippen LogP contribution in [0.25, 0.3) is 0 Å². The van der Waals surface area contributed by atoms with Crippen molar-refractivity contribution < 1.29 is 22.7 Å². The lowest BCUT2D eigenvalue weighted by Crippen LogP contribution is -2.44. The van der Waals surface area contributed by atoms with E-state index >= 15 is 0 Å². The van der Waals surface area contributed by atoms with Gasteiger partial charge in [-0.1, -0.05) is 17.8 Å². The second-order valence-corrected chi connectivity index (χ2v) is 8.13. The van der Waals surface area contributed by atoms with Crippen LogP contribution in [0.5, 0.6) is 5.88 Å². The number of alkyl halides is 2. The molecule has 0 unspecified atom stereocenters. The van der Waals surface area contributed by atoms with Gasteiger partial charge in [0.2, 0.25) is 12.7 Å². The maximum Gasteiger partial charge on any atom is 0.234 e. The van der Waals surface area contributed by atoms with Crippen molar-refractivity contribution in [2.45, 2.75) is 37.2 Å². The van der Waals surface area contributed by atoms with Crippen LogP contribution in [0, 0.1) is 5.82 Å². The Morgan fingerprint density at radius 2 is 2.10 bits per heavy atom. The van der Waals surface area contributed by atoms with Crippen molar-refractivity contribution in [1.29, 1.82) is 0 Å². The first-order valence-electron chi connectivity index (χ1n) is 8.73. The summed E-state index contributed by atoms with van der Waals surface area (Å²) in [6, 6.07) is 4.04. The third-order valence-electron chi connectivity index (χ3n) is 4.66. The topological polar surface area (TPSA) is 90.5 Å². The first-order chi connectivity index (χ1) is 13.7. The van der Waals surface area contributed by atoms with E-state index in [1.165, 1.54) is 31.3 Å². The second kappa shape index (κ2) is 8.40. The summed E-state index contributed by atoms with van der Waals surface area (Å²) in [6.07, 6.45) is 0.730. The van der Waals surface area contributed by atoms with Crippen LogP contribution in [0.1, 0.15) is 35.5 Å². The molecule has 1 aromatic heterocycles. The van der Waals surface area contributed by atoms with Crippen molar-refractivity contribution in [3.8, 4) is 5.88 Å². The average Bonchev–Trinajstić information content (AvgIpc) is 2.68. The van der Waals surface area contributed by atoms with Gasteiger partial charge < -0.3 is 10.5 Å². The minimum atomic E-state index is -1.50. The SMILES string of the molecule is C[C@@H]1SC(N)=N[C@](C)(c2cc(CC(=O)c3cnc(OCF)cn3)ccc2F)[C@@H]1F. The van der Waals surface area contributed by atoms with Gasteiger partial charge in [-0.25, -0.2) is 28.1 Å². The number of nitrogens with zero attached hydrogens (tertiary/aromatic N) is 3. The van der Waals surface area contributed by atoms with Gasteiger partial charge in [0.1, 0.15) is 23.2 Å². The van der Waals surface area contributed by atoms with Crippen molar-refractivity contribution in [2.75, 3.05) is 6.86 Å². The van der Waals surface area contributed by atoms with E-state index in [9.17, 15) is 18.0 Å². The molecule has 0 saturated heterocycles. The van der Waals surface area contributed by atoms with Gasteiger partial charge in [-0.3, -0.25) is 4.79 Å². The zero-order valence-electron chi connectivity index (χ0n) is 15.7. The summed E-state index contributed by atoms with van der Waals surface area (Å²) < 4.78 is 46.2. The van der Waals surface area contributed by atoms with Crippen LogP contribution in [-0.2, 0) is 12.0 Å². The number of rotatable bonds is 6. The average molecular weight is 424 g/mol. The molecule has 2 heterocycles. The molecule has 0 saturated carbocycles. The third kappa shape index (κ3) is 4.36. The van der Waals surface area contributed by atoms with E-state index in [2.05, 4.69) is 19.7 Å². The Balaban J connectivity index is 1.87. The Morgan fingerprint density at radius 1 is 1.34 bits per heavy atom. The van der Waals surface area contributed by atoms with Crippen LogP contribution in [-0.4, -0.2) is 39.2 Å². The lowest BCUT2D eigenvalue weighted by atomic mass is 9.84. The highest BCUT2D eigenvalue weighted by molar-refractivity contribution is 8.14. The first-order valence-corrected chi connectivity index (χ1v) is 9.61. The number of ether oxygens (including phenoxy) is 1. The molecule has 0 amide bonds. The fraction of sp³-hybridized carbons (Fsp3) is 0.368. The predicted octanol–water partition coefficient (Wildman–Crippen LogP) is 3.35. The number of Topliss-reactive ketones (excluding diaryl/α,β-unsaturated/α-hetero) is 1. The van der Waals surface area contributed by atoms with E-state index in [-0.39, 0.29) is 34.5 Å². The zero-order valence-corrected chi connectivity index (χ0v) is 16.5. The summed E-state index contributed by atoms with van der Waals surface area (Å²) in [5, 5.41) is -0.317. The maximum atomic E-state index is 15.0. The Kier molecular flexibility index (Phi) is 6.11. The molecule has 0 radical (unpaired) electrons. The third-order valence-corrected chi connectivity index (χ3v) is 5.60. The van der Waals surface area contributed by atoms with Crippen molar-refractivity contribution in [1.82, 2.24) is 9.97 Å². The Morgan fingerprint density at radius 3 is 2.76 bits per heavy atom. The van der Waals surface area contributed by atoms with Crippen molar-refractivity contribution >= 4 is 22.7 Å². The van der Waals surface area contributed by atoms with Crippen molar-refractivity contribution in [2.24, 2.45) is 10.7 Å². The molecule has 0 aliphatic carbocycles. The van der Waals surface area contributed by atoms with Crippen LogP contribution in [0.3, 0.4) is 0 Å². The molecule has 1 aliphatic heterocycles. The number of aliphatic imine (C=N–C) groups is 1. The molecule has 10 heteroatoms. The van der Waals surface area contributed by atoms with Gasteiger partial charge in [-0.2, -0.15) is 0 Å². The molecular weight excluding hydrogens is 405 g/mol. The van der Waals surface area contributed by atoms with Crippen LogP contribution in [0.2, 0.25) is 0 Å². The molecule has 29 heavy (non-hydrogen) atoms. The molecule has 2 N–H and O–H groups in total. The van der Waals surface area contributed by atoms with Gasteiger partial charge >= 0.3 is 0 Å². The van der Waals surface area contributed by atoms with E-state index in [0.717, 1.165) is 18.0 Å². The van der Waals surface area contributed by atoms with Crippen LogP contribution < -0.4 is 10.5 Å². The van der Waals surface area contributed by atoms with Gasteiger partial charge in [-0.15, -0.1) is 0 Å². The fourth-order valence-electron chi connectivity index (χ4n) is 3.17. The van der Waals surface area contributed by atoms with Crippen molar-refractivity contribution in [3.05, 3.63) is 53.2 Å². The van der Waals surface area contributed by atoms with E-state index in [0.29, 0.717) is 5.56 Å². The van der Waals surface area contributed by atoms with Gasteiger partial charge in [0.15, 0.2) is 11.0 Å². The molecule has 3 rings (SSSR count). The van der Waals surface area contributed by atoms with Gasteiger partial charge in [0.05, 0.1) is 12.4 Å². The number of ketones is 1. The van der Waals surface area contributed by atoms with E-state index in [1.807, 2.05) is 0 Å². The van der Waals surface area contributed by atoms with E-state index < -0.39 is 29.6 Å². The van der Waals surface area contributed by atoms with Gasteiger partial charge in [0, 0.05) is 17.2 Å². The molecule has 6 nitrogen and oxygen atoms in total. The fourth-order valence-corrected chi connectivity index (χ4v) is 4.18. The minimum Gasteiger partial charge on any atom is -0.445 e. The summed E-state index contributed by atoms with van der Waals surface area (Å²) in [6.45, 7) is 2.09. The number of hydrogen-bond acceptors (Lipinski definition) is 7. The summed E-state index contributed by atoms with van der Waals surface area (Å²) in [7, 11) is 0. The number of hydrogen-bond donors (Lipinski definition) is 1. The molecule has 1 aromatic carbocycles. The summed E-state index contributed by atoms with van der Waals surface area (Å²) >= 11 is 1.10. The number of thioether (sulfide) groups is 1. The minimum absolute atomic E-state index is 0.0307. The predicted molar refractivity (Wildman–Crippen MR) is 104 cm³/mol. The number of halogens is 3. The number of nitrogens with two attached hydrogens (primary N) is 1. The molecule has 3 atom stereocenters. The highest BCUT2D eigenvalue weighted by Crippen LogP contribution is 2.42. The number of carbonyl (C=O) groups excluding carboxylic acids is 1. The summed E-state index contributed by atoms with van der Waals surface area (Å²) in [5.41, 5.74) is 4.84. The van der Waals surface area contributed by atoms with Crippen LogP contribution >= 0.6 is 11.8 Å². The van der Waals surface area contributed by atoms with Gasteiger partial charge in [0.25, 0.3) is 0 Å². The summed E-state index contributed by atoms with van der Waals surface area (Å²) in [5.74, 6) is -1.07. The largest absolute Gasteiger partial charge is 0.445 e. The normalized spacial score (nSPS) is 24.1. The molecule has 1 aliphatic rings. The molecule has 2 aromatic rings. The standard InChI is InChI=1S/C19H19F3N4O2S/c1-10-17(22)19(2,26-18(23)29-10)12-5-11(3-4-13(12)21)6-15(27)14-7-25-16(8-24-14)28-9-20/h3-5,7-8,10,17H,6,9H2,1-2H3,(H2,23,26)/t10-,17+,19+/m0/s1. The van der Waals surface area contributed by atoms with Crippen molar-refractivity contribution in [3.63, 3.8) is 0 Å². The highest BCUT2D eigenvalue weighted by atomic mass is 32.2. The zero-order chi connectivity index (χ0) is 21.2. The molecule has 0 spiro atoms.